The molecule has 3 rings (SSSR count). The summed E-state index contributed by atoms with van der Waals surface area (Å²) in [6, 6.07) is 18.3. The molecule has 37 heavy (non-hydrogen) atoms. The van der Waals surface area contributed by atoms with Crippen LogP contribution >= 0.6 is 0 Å². The van der Waals surface area contributed by atoms with Crippen molar-refractivity contribution >= 4 is 11.9 Å². The van der Waals surface area contributed by atoms with Crippen LogP contribution in [0.5, 0.6) is 23.0 Å². The zero-order chi connectivity index (χ0) is 26.5. The van der Waals surface area contributed by atoms with E-state index in [-0.39, 0.29) is 0 Å². The predicted octanol–water partition coefficient (Wildman–Crippen LogP) is 5.26. The van der Waals surface area contributed by atoms with Crippen molar-refractivity contribution in [2.75, 3.05) is 40.6 Å². The summed E-state index contributed by atoms with van der Waals surface area (Å²) in [6.07, 6.45) is 1.56. The Morgan fingerprint density at radius 3 is 1.51 bits per heavy atom. The van der Waals surface area contributed by atoms with Crippen molar-refractivity contribution in [3.8, 4) is 23.0 Å². The van der Waals surface area contributed by atoms with Crippen LogP contribution in [0.25, 0.3) is 0 Å². The quantitative estimate of drug-likeness (QED) is 0.165. The minimum absolute atomic E-state index is 0.345. The van der Waals surface area contributed by atoms with Gasteiger partial charge in [-0.05, 0) is 79.2 Å². The highest BCUT2D eigenvalue weighted by molar-refractivity contribution is 5.92. The lowest BCUT2D eigenvalue weighted by molar-refractivity contribution is 0.0718. The highest BCUT2D eigenvalue weighted by Crippen LogP contribution is 2.25. The van der Waals surface area contributed by atoms with Gasteiger partial charge in [-0.2, -0.15) is 0 Å². The smallest absolute Gasteiger partial charge is 0.343 e. The first-order valence-electron chi connectivity index (χ1n) is 12.0. The molecule has 3 aromatic carbocycles. The highest BCUT2D eigenvalue weighted by Gasteiger charge is 2.14. The second-order valence-electron chi connectivity index (χ2n) is 8.14. The molecule has 0 aliphatic heterocycles. The van der Waals surface area contributed by atoms with Crippen molar-refractivity contribution in [3.05, 3.63) is 83.4 Å². The summed E-state index contributed by atoms with van der Waals surface area (Å²) in [4.78, 5) is 25.1. The van der Waals surface area contributed by atoms with Crippen LogP contribution < -0.4 is 18.9 Å². The molecule has 0 aromatic heterocycles. The summed E-state index contributed by atoms with van der Waals surface area (Å²) in [6.45, 7) is 4.08. The fourth-order valence-corrected chi connectivity index (χ4v) is 3.29. The number of rotatable bonds is 14. The topological polar surface area (TPSA) is 89.5 Å². The van der Waals surface area contributed by atoms with Gasteiger partial charge >= 0.3 is 11.9 Å². The molecule has 0 atom stereocenters. The lowest BCUT2D eigenvalue weighted by Gasteiger charge is -2.11. The number of benzene rings is 3. The summed E-state index contributed by atoms with van der Waals surface area (Å²) >= 11 is 0. The van der Waals surface area contributed by atoms with Gasteiger partial charge in [0.25, 0.3) is 0 Å². The normalized spacial score (nSPS) is 10.6. The van der Waals surface area contributed by atoms with Crippen LogP contribution in [0.3, 0.4) is 0 Å². The summed E-state index contributed by atoms with van der Waals surface area (Å²) < 4.78 is 32.2. The van der Waals surface area contributed by atoms with E-state index in [9.17, 15) is 9.59 Å². The zero-order valence-corrected chi connectivity index (χ0v) is 21.4. The van der Waals surface area contributed by atoms with E-state index in [1.807, 2.05) is 0 Å². The molecule has 0 saturated heterocycles. The van der Waals surface area contributed by atoms with Crippen molar-refractivity contribution in [3.63, 3.8) is 0 Å². The van der Waals surface area contributed by atoms with E-state index in [1.54, 1.807) is 87.9 Å². The molecule has 3 aromatic rings. The Morgan fingerprint density at radius 2 is 1.05 bits per heavy atom. The fraction of sp³-hybridized carbons (Fsp3) is 0.310. The monoisotopic (exact) mass is 508 g/mol. The first-order chi connectivity index (χ1) is 18.0. The van der Waals surface area contributed by atoms with Gasteiger partial charge in [0, 0.05) is 40.3 Å². The molecule has 0 radical (unpaired) electrons. The number of carbonyl (C=O) groups is 2. The number of aryl methyl sites for hydroxylation is 1. The Kier molecular flexibility index (Phi) is 10.9. The van der Waals surface area contributed by atoms with Crippen molar-refractivity contribution in [2.45, 2.75) is 19.8 Å². The Bertz CT molecular complexity index is 1140. The van der Waals surface area contributed by atoms with Gasteiger partial charge in [-0.15, -0.1) is 0 Å². The third-order valence-electron chi connectivity index (χ3n) is 5.26. The molecule has 196 valence electrons. The molecule has 0 saturated carbocycles. The van der Waals surface area contributed by atoms with E-state index in [0.29, 0.717) is 66.1 Å². The number of hydrogen-bond acceptors (Lipinski definition) is 8. The van der Waals surface area contributed by atoms with Crippen molar-refractivity contribution in [1.29, 1.82) is 0 Å². The predicted molar refractivity (Wildman–Crippen MR) is 138 cm³/mol. The number of hydrogen-bond donors (Lipinski definition) is 0. The van der Waals surface area contributed by atoms with Gasteiger partial charge in [0.1, 0.15) is 23.0 Å². The third kappa shape index (κ3) is 8.93. The minimum atomic E-state index is -0.500. The molecule has 8 heteroatoms. The number of carbonyl (C=O) groups excluding carboxylic acids is 2. The number of methoxy groups -OCH3 is 2. The van der Waals surface area contributed by atoms with E-state index in [4.69, 9.17) is 28.4 Å². The average Bonchev–Trinajstić information content (AvgIpc) is 2.91. The highest BCUT2D eigenvalue weighted by atomic mass is 16.5. The summed E-state index contributed by atoms with van der Waals surface area (Å²) in [5, 5.41) is 0. The van der Waals surface area contributed by atoms with E-state index < -0.39 is 11.9 Å². The maximum atomic E-state index is 12.6. The molecule has 0 N–H and O–H groups in total. The second kappa shape index (κ2) is 14.6. The van der Waals surface area contributed by atoms with Crippen molar-refractivity contribution in [1.82, 2.24) is 0 Å². The van der Waals surface area contributed by atoms with Crippen molar-refractivity contribution in [2.24, 2.45) is 0 Å². The number of esters is 2. The van der Waals surface area contributed by atoms with Gasteiger partial charge < -0.3 is 28.4 Å². The van der Waals surface area contributed by atoms with Gasteiger partial charge in [-0.3, -0.25) is 0 Å². The van der Waals surface area contributed by atoms with Crippen LogP contribution in [0.4, 0.5) is 0 Å². The molecule has 0 heterocycles. The molecule has 0 bridgehead atoms. The maximum absolute atomic E-state index is 12.6. The molecule has 8 nitrogen and oxygen atoms in total. The van der Waals surface area contributed by atoms with Gasteiger partial charge in [-0.1, -0.05) is 0 Å². The molecular weight excluding hydrogens is 476 g/mol. The third-order valence-corrected chi connectivity index (χ3v) is 5.26. The van der Waals surface area contributed by atoms with Crippen LogP contribution in [0, 0.1) is 6.92 Å². The summed E-state index contributed by atoms with van der Waals surface area (Å²) in [5.74, 6) is 1.05. The standard InChI is InChI=1S/C29H32O8/c1-21-20-26(36-28(30)22-6-10-24(11-7-22)34-18-4-16-32-2)14-15-27(21)37-29(31)23-8-12-25(13-9-23)35-19-5-17-33-3/h6-15,20H,4-5,16-19H2,1-3H3. The fourth-order valence-electron chi connectivity index (χ4n) is 3.29. The zero-order valence-electron chi connectivity index (χ0n) is 21.4. The van der Waals surface area contributed by atoms with E-state index in [1.165, 1.54) is 0 Å². The lowest BCUT2D eigenvalue weighted by atomic mass is 10.2. The van der Waals surface area contributed by atoms with Gasteiger partial charge in [-0.25, -0.2) is 9.59 Å². The van der Waals surface area contributed by atoms with Gasteiger partial charge in [0.05, 0.1) is 24.3 Å². The SMILES string of the molecule is COCCCOc1ccc(C(=O)Oc2ccc(OC(=O)c3ccc(OCCCOC)cc3)c(C)c2)cc1. The Morgan fingerprint density at radius 1 is 0.595 bits per heavy atom. The molecule has 0 aliphatic carbocycles. The Hall–Kier alpha value is -3.88. The summed E-state index contributed by atoms with van der Waals surface area (Å²) in [5.41, 5.74) is 1.44. The van der Waals surface area contributed by atoms with Crippen LogP contribution in [0.1, 0.15) is 39.1 Å². The maximum Gasteiger partial charge on any atom is 0.343 e. The average molecular weight is 509 g/mol. The second-order valence-corrected chi connectivity index (χ2v) is 8.14. The van der Waals surface area contributed by atoms with Crippen LogP contribution in [-0.4, -0.2) is 52.6 Å². The Balaban J connectivity index is 1.52. The van der Waals surface area contributed by atoms with Crippen LogP contribution in [0.15, 0.2) is 66.7 Å². The molecule has 0 spiro atoms. The largest absolute Gasteiger partial charge is 0.494 e. The first kappa shape index (κ1) is 27.7. The molecule has 0 aliphatic rings. The minimum Gasteiger partial charge on any atom is -0.494 e. The van der Waals surface area contributed by atoms with Crippen LogP contribution in [0.2, 0.25) is 0 Å². The molecular formula is C29H32O8. The van der Waals surface area contributed by atoms with Crippen molar-refractivity contribution < 1.29 is 38.0 Å². The van der Waals surface area contributed by atoms with E-state index >= 15 is 0 Å². The molecule has 0 amide bonds. The lowest BCUT2D eigenvalue weighted by Crippen LogP contribution is -2.11. The molecule has 0 fully saturated rings. The van der Waals surface area contributed by atoms with Gasteiger partial charge in [0.15, 0.2) is 0 Å². The number of ether oxygens (including phenoxy) is 6. The van der Waals surface area contributed by atoms with Crippen LogP contribution in [-0.2, 0) is 9.47 Å². The van der Waals surface area contributed by atoms with E-state index in [0.717, 1.165) is 12.8 Å². The Labute approximate surface area is 217 Å². The summed E-state index contributed by atoms with van der Waals surface area (Å²) in [7, 11) is 3.29. The first-order valence-corrected chi connectivity index (χ1v) is 12.0. The van der Waals surface area contributed by atoms with Gasteiger partial charge in [0.2, 0.25) is 0 Å². The van der Waals surface area contributed by atoms with E-state index in [2.05, 4.69) is 0 Å². The molecule has 0 unspecified atom stereocenters.